The van der Waals surface area contributed by atoms with Crippen LogP contribution in [-0.4, -0.2) is 15.0 Å². The van der Waals surface area contributed by atoms with Crippen LogP contribution in [0.5, 0.6) is 0 Å². The quantitative estimate of drug-likeness (QED) is 0.699. The number of halogens is 3. The molecular weight excluding hydrogens is 343 g/mol. The summed E-state index contributed by atoms with van der Waals surface area (Å²) in [7, 11) is 0. The van der Waals surface area contributed by atoms with Gasteiger partial charge in [0.15, 0.2) is 0 Å². The summed E-state index contributed by atoms with van der Waals surface area (Å²) in [5.41, 5.74) is 0.617. The highest BCUT2D eigenvalue weighted by atomic mass is 19.4. The first kappa shape index (κ1) is 17.7. The van der Waals surface area contributed by atoms with Crippen molar-refractivity contribution in [3.05, 3.63) is 71.8 Å². The minimum Gasteiger partial charge on any atom is -0.366 e. The summed E-state index contributed by atoms with van der Waals surface area (Å²) in [6.07, 6.45) is -0.998. The summed E-state index contributed by atoms with van der Waals surface area (Å²) in [4.78, 5) is 12.5. The van der Waals surface area contributed by atoms with Gasteiger partial charge in [0.2, 0.25) is 0 Å². The Hall–Kier alpha value is -3.16. The van der Waals surface area contributed by atoms with Crippen molar-refractivity contribution in [2.45, 2.75) is 19.6 Å². The molecule has 5 nitrogen and oxygen atoms in total. The molecule has 2 heterocycles. The summed E-state index contributed by atoms with van der Waals surface area (Å²) in [5.74, 6) is 1.48. The molecule has 2 aromatic heterocycles. The maximum atomic E-state index is 12.8. The molecule has 0 fully saturated rings. The molecule has 0 aliphatic carbocycles. The van der Waals surface area contributed by atoms with E-state index in [1.54, 1.807) is 31.5 Å². The predicted octanol–water partition coefficient (Wildman–Crippen LogP) is 4.55. The smallest absolute Gasteiger partial charge is 0.366 e. The molecule has 3 rings (SSSR count). The topological polar surface area (TPSA) is 62.7 Å². The van der Waals surface area contributed by atoms with Crippen LogP contribution in [0, 0.1) is 6.92 Å². The van der Waals surface area contributed by atoms with Gasteiger partial charge in [0.05, 0.1) is 5.56 Å². The van der Waals surface area contributed by atoms with E-state index in [4.69, 9.17) is 0 Å². The molecular formula is C18H16F3N5. The fraction of sp³-hybridized carbons (Fsp3) is 0.167. The van der Waals surface area contributed by atoms with E-state index in [0.717, 1.165) is 17.7 Å². The molecule has 0 spiro atoms. The van der Waals surface area contributed by atoms with E-state index in [1.165, 1.54) is 6.07 Å². The van der Waals surface area contributed by atoms with Gasteiger partial charge in [0, 0.05) is 30.7 Å². The Kier molecular flexibility index (Phi) is 5.01. The van der Waals surface area contributed by atoms with Crippen LogP contribution in [0.2, 0.25) is 0 Å². The normalized spacial score (nSPS) is 11.2. The van der Waals surface area contributed by atoms with Gasteiger partial charge in [-0.25, -0.2) is 9.97 Å². The van der Waals surface area contributed by atoms with Gasteiger partial charge in [-0.2, -0.15) is 13.2 Å². The molecule has 8 heteroatoms. The molecule has 0 aliphatic heterocycles. The Bertz CT molecular complexity index is 881. The number of nitrogens with one attached hydrogen (secondary N) is 2. The maximum absolute atomic E-state index is 12.8. The largest absolute Gasteiger partial charge is 0.416 e. The van der Waals surface area contributed by atoms with Gasteiger partial charge in [0.1, 0.15) is 17.5 Å². The lowest BCUT2D eigenvalue weighted by atomic mass is 10.2. The SMILES string of the molecule is Cc1nc(NCc2ccncc2)cc(Nc2cccc(C(F)(F)F)c2)n1. The molecule has 2 N–H and O–H groups in total. The minimum absolute atomic E-state index is 0.304. The average molecular weight is 359 g/mol. The first-order valence-electron chi connectivity index (χ1n) is 7.83. The summed E-state index contributed by atoms with van der Waals surface area (Å²) in [5, 5.41) is 6.06. The molecule has 3 aromatic rings. The molecule has 0 saturated heterocycles. The molecule has 0 aliphatic rings. The number of benzene rings is 1. The Morgan fingerprint density at radius 1 is 0.962 bits per heavy atom. The number of nitrogens with zero attached hydrogens (tertiary/aromatic N) is 3. The number of hydrogen-bond acceptors (Lipinski definition) is 5. The van der Waals surface area contributed by atoms with Crippen molar-refractivity contribution in [2.24, 2.45) is 0 Å². The Morgan fingerprint density at radius 2 is 1.69 bits per heavy atom. The van der Waals surface area contributed by atoms with E-state index in [9.17, 15) is 13.2 Å². The van der Waals surface area contributed by atoms with Gasteiger partial charge in [-0.3, -0.25) is 4.98 Å². The van der Waals surface area contributed by atoms with Gasteiger partial charge in [-0.1, -0.05) is 6.07 Å². The highest BCUT2D eigenvalue weighted by molar-refractivity contribution is 5.60. The highest BCUT2D eigenvalue weighted by Gasteiger charge is 2.30. The van der Waals surface area contributed by atoms with Gasteiger partial charge in [-0.05, 0) is 42.8 Å². The van der Waals surface area contributed by atoms with Crippen molar-refractivity contribution in [1.29, 1.82) is 0 Å². The van der Waals surface area contributed by atoms with Crippen molar-refractivity contribution < 1.29 is 13.2 Å². The van der Waals surface area contributed by atoms with Gasteiger partial charge < -0.3 is 10.6 Å². The number of rotatable bonds is 5. The van der Waals surface area contributed by atoms with Crippen LogP contribution < -0.4 is 10.6 Å². The first-order chi connectivity index (χ1) is 12.4. The second kappa shape index (κ2) is 7.38. The van der Waals surface area contributed by atoms with Crippen LogP contribution in [0.4, 0.5) is 30.5 Å². The van der Waals surface area contributed by atoms with Crippen LogP contribution >= 0.6 is 0 Å². The van der Waals surface area contributed by atoms with Crippen LogP contribution in [0.25, 0.3) is 0 Å². The lowest BCUT2D eigenvalue weighted by Gasteiger charge is -2.12. The molecule has 134 valence electrons. The highest BCUT2D eigenvalue weighted by Crippen LogP contribution is 2.31. The number of pyridine rings is 1. The van der Waals surface area contributed by atoms with E-state index in [1.807, 2.05) is 12.1 Å². The molecule has 0 saturated carbocycles. The number of aryl methyl sites for hydroxylation is 1. The summed E-state index contributed by atoms with van der Waals surface area (Å²) >= 11 is 0. The second-order valence-electron chi connectivity index (χ2n) is 5.60. The van der Waals surface area contributed by atoms with Gasteiger partial charge in [-0.15, -0.1) is 0 Å². The van der Waals surface area contributed by atoms with Gasteiger partial charge in [0.25, 0.3) is 0 Å². The first-order valence-corrected chi connectivity index (χ1v) is 7.83. The summed E-state index contributed by atoms with van der Waals surface area (Å²) in [6, 6.07) is 10.4. The molecule has 26 heavy (non-hydrogen) atoms. The zero-order valence-electron chi connectivity index (χ0n) is 13.9. The lowest BCUT2D eigenvalue weighted by molar-refractivity contribution is -0.137. The predicted molar refractivity (Wildman–Crippen MR) is 93.1 cm³/mol. The minimum atomic E-state index is -4.39. The third-order valence-corrected chi connectivity index (χ3v) is 3.52. The summed E-state index contributed by atoms with van der Waals surface area (Å²) in [6.45, 7) is 2.26. The van der Waals surface area contributed by atoms with Crippen LogP contribution in [-0.2, 0) is 12.7 Å². The molecule has 1 aromatic carbocycles. The van der Waals surface area contributed by atoms with Crippen molar-refractivity contribution >= 4 is 17.3 Å². The lowest BCUT2D eigenvalue weighted by Crippen LogP contribution is -2.07. The third kappa shape index (κ3) is 4.69. The Morgan fingerprint density at radius 3 is 2.42 bits per heavy atom. The van der Waals surface area contributed by atoms with Crippen molar-refractivity contribution in [3.63, 3.8) is 0 Å². The van der Waals surface area contributed by atoms with Crippen LogP contribution in [0.1, 0.15) is 17.0 Å². The van der Waals surface area contributed by atoms with Crippen molar-refractivity contribution in [3.8, 4) is 0 Å². The van der Waals surface area contributed by atoms with E-state index in [0.29, 0.717) is 29.7 Å². The van der Waals surface area contributed by atoms with Crippen molar-refractivity contribution in [2.75, 3.05) is 10.6 Å². The fourth-order valence-electron chi connectivity index (χ4n) is 2.34. The monoisotopic (exact) mass is 359 g/mol. The molecule has 0 bridgehead atoms. The van der Waals surface area contributed by atoms with Gasteiger partial charge >= 0.3 is 6.18 Å². The summed E-state index contributed by atoms with van der Waals surface area (Å²) < 4.78 is 38.5. The second-order valence-corrected chi connectivity index (χ2v) is 5.60. The zero-order valence-corrected chi connectivity index (χ0v) is 13.9. The van der Waals surface area contributed by atoms with E-state index >= 15 is 0 Å². The average Bonchev–Trinajstić information content (AvgIpc) is 2.60. The maximum Gasteiger partial charge on any atom is 0.416 e. The molecule has 0 atom stereocenters. The number of anilines is 3. The standard InChI is InChI=1S/C18H16F3N5/c1-12-24-16(23-11-13-5-7-22-8-6-13)10-17(25-12)26-15-4-2-3-14(9-15)18(19,20)21/h2-10H,11H2,1H3,(H2,23,24,25,26). The van der Waals surface area contributed by atoms with Crippen LogP contribution in [0.3, 0.4) is 0 Å². The molecule has 0 amide bonds. The number of hydrogen-bond donors (Lipinski definition) is 2. The van der Waals surface area contributed by atoms with E-state index < -0.39 is 11.7 Å². The number of aromatic nitrogens is 3. The van der Waals surface area contributed by atoms with Crippen LogP contribution in [0.15, 0.2) is 54.9 Å². The van der Waals surface area contributed by atoms with Crippen molar-refractivity contribution in [1.82, 2.24) is 15.0 Å². The van der Waals surface area contributed by atoms with E-state index in [2.05, 4.69) is 25.6 Å². The number of alkyl halides is 3. The molecule has 0 unspecified atom stereocenters. The molecule has 0 radical (unpaired) electrons. The third-order valence-electron chi connectivity index (χ3n) is 3.52. The Labute approximate surface area is 148 Å². The zero-order chi connectivity index (χ0) is 18.6. The van der Waals surface area contributed by atoms with E-state index in [-0.39, 0.29) is 0 Å². The fourth-order valence-corrected chi connectivity index (χ4v) is 2.34. The Balaban J connectivity index is 1.75.